The minimum absolute atomic E-state index is 0.0552. The van der Waals surface area contributed by atoms with Crippen molar-refractivity contribution in [2.45, 2.75) is 18.7 Å². The molecule has 0 fully saturated rings. The van der Waals surface area contributed by atoms with Crippen LogP contribution in [0.2, 0.25) is 0 Å². The van der Waals surface area contributed by atoms with Gasteiger partial charge in [-0.05, 0) is 50.2 Å². The van der Waals surface area contributed by atoms with E-state index in [0.717, 1.165) is 0 Å². The maximum absolute atomic E-state index is 12.4. The van der Waals surface area contributed by atoms with Crippen molar-refractivity contribution in [1.82, 2.24) is 10.1 Å². The number of rotatable bonds is 5. The van der Waals surface area contributed by atoms with Crippen molar-refractivity contribution in [3.8, 4) is 11.5 Å². The molecule has 2 aromatic heterocycles. The first kappa shape index (κ1) is 16.0. The standard InChI is InChI=1S/C16H15N3O4S/c1-11-16(12(2)23-18-11)24(20,21)19-13-3-5-14(6-4-13)22-15-7-9-17-10-8-15/h3-10,19H,1-2H3. The van der Waals surface area contributed by atoms with Gasteiger partial charge in [0.25, 0.3) is 10.0 Å². The van der Waals surface area contributed by atoms with Gasteiger partial charge in [0, 0.05) is 18.1 Å². The topological polar surface area (TPSA) is 94.3 Å². The number of aromatic nitrogens is 2. The van der Waals surface area contributed by atoms with E-state index in [2.05, 4.69) is 14.9 Å². The summed E-state index contributed by atoms with van der Waals surface area (Å²) < 4.78 is 37.9. The summed E-state index contributed by atoms with van der Waals surface area (Å²) in [7, 11) is -3.76. The number of nitrogens with zero attached hydrogens (tertiary/aromatic N) is 2. The van der Waals surface area contributed by atoms with Gasteiger partial charge in [0.2, 0.25) is 0 Å². The Bertz CT molecular complexity index is 916. The Labute approximate surface area is 139 Å². The molecule has 0 aliphatic carbocycles. The molecule has 0 saturated heterocycles. The summed E-state index contributed by atoms with van der Waals surface area (Å²) in [5.41, 5.74) is 0.731. The van der Waals surface area contributed by atoms with Gasteiger partial charge in [0.1, 0.15) is 17.2 Å². The van der Waals surface area contributed by atoms with Gasteiger partial charge in [0.05, 0.1) is 0 Å². The highest BCUT2D eigenvalue weighted by Gasteiger charge is 2.24. The van der Waals surface area contributed by atoms with Crippen LogP contribution < -0.4 is 9.46 Å². The number of anilines is 1. The third-order valence-electron chi connectivity index (χ3n) is 3.23. The van der Waals surface area contributed by atoms with E-state index in [9.17, 15) is 8.42 Å². The zero-order chi connectivity index (χ0) is 17.2. The maximum Gasteiger partial charge on any atom is 0.267 e. The van der Waals surface area contributed by atoms with E-state index in [1.165, 1.54) is 0 Å². The summed E-state index contributed by atoms with van der Waals surface area (Å²) in [6.45, 7) is 3.14. The fourth-order valence-electron chi connectivity index (χ4n) is 2.20. The van der Waals surface area contributed by atoms with Crippen molar-refractivity contribution in [2.75, 3.05) is 4.72 Å². The van der Waals surface area contributed by atoms with Crippen molar-refractivity contribution >= 4 is 15.7 Å². The number of hydrogen-bond donors (Lipinski definition) is 1. The smallest absolute Gasteiger partial charge is 0.267 e. The van der Waals surface area contributed by atoms with Gasteiger partial charge < -0.3 is 9.26 Å². The second kappa shape index (κ2) is 6.32. The molecule has 3 aromatic rings. The number of aryl methyl sites for hydroxylation is 2. The third-order valence-corrected chi connectivity index (χ3v) is 4.85. The molecular weight excluding hydrogens is 330 g/mol. The molecule has 0 radical (unpaired) electrons. The molecular formula is C16H15N3O4S. The minimum atomic E-state index is -3.76. The van der Waals surface area contributed by atoms with E-state index >= 15 is 0 Å². The Kier molecular flexibility index (Phi) is 4.22. The Morgan fingerprint density at radius 3 is 2.21 bits per heavy atom. The van der Waals surface area contributed by atoms with Crippen molar-refractivity contribution in [3.63, 3.8) is 0 Å². The van der Waals surface area contributed by atoms with Gasteiger partial charge in [0.15, 0.2) is 10.7 Å². The van der Waals surface area contributed by atoms with Crippen LogP contribution >= 0.6 is 0 Å². The van der Waals surface area contributed by atoms with Crippen LogP contribution in [0.1, 0.15) is 11.5 Å². The van der Waals surface area contributed by atoms with E-state index in [1.807, 2.05) is 0 Å². The van der Waals surface area contributed by atoms with Gasteiger partial charge in [-0.15, -0.1) is 0 Å². The summed E-state index contributed by atoms with van der Waals surface area (Å²) in [6, 6.07) is 10.0. The summed E-state index contributed by atoms with van der Waals surface area (Å²) in [5, 5.41) is 3.67. The Hall–Kier alpha value is -2.87. The fraction of sp³-hybridized carbons (Fsp3) is 0.125. The number of hydrogen-bond acceptors (Lipinski definition) is 6. The highest BCUT2D eigenvalue weighted by molar-refractivity contribution is 7.92. The van der Waals surface area contributed by atoms with Crippen LogP contribution in [0.25, 0.3) is 0 Å². The molecule has 2 heterocycles. The number of ether oxygens (including phenoxy) is 1. The lowest BCUT2D eigenvalue weighted by molar-refractivity contribution is 0.390. The first-order valence-corrected chi connectivity index (χ1v) is 8.58. The van der Waals surface area contributed by atoms with Gasteiger partial charge >= 0.3 is 0 Å². The predicted octanol–water partition coefficient (Wildman–Crippen LogP) is 3.28. The molecule has 0 bridgehead atoms. The van der Waals surface area contributed by atoms with E-state index in [0.29, 0.717) is 22.9 Å². The molecule has 8 heteroatoms. The Morgan fingerprint density at radius 1 is 1.00 bits per heavy atom. The zero-order valence-corrected chi connectivity index (χ0v) is 13.9. The van der Waals surface area contributed by atoms with Gasteiger partial charge in [-0.2, -0.15) is 0 Å². The molecule has 1 N–H and O–H groups in total. The van der Waals surface area contributed by atoms with Crippen molar-refractivity contribution < 1.29 is 17.7 Å². The van der Waals surface area contributed by atoms with Crippen molar-refractivity contribution in [3.05, 3.63) is 60.2 Å². The van der Waals surface area contributed by atoms with E-state index in [4.69, 9.17) is 9.26 Å². The molecule has 0 aliphatic rings. The Balaban J connectivity index is 1.77. The second-order valence-corrected chi connectivity index (χ2v) is 6.69. The highest BCUT2D eigenvalue weighted by Crippen LogP contribution is 2.25. The number of sulfonamides is 1. The summed E-state index contributed by atoms with van der Waals surface area (Å²) in [6.07, 6.45) is 3.25. The Morgan fingerprint density at radius 2 is 1.62 bits per heavy atom. The third kappa shape index (κ3) is 3.38. The molecule has 0 saturated carbocycles. The lowest BCUT2D eigenvalue weighted by Gasteiger charge is -2.09. The molecule has 0 unspecified atom stereocenters. The normalized spacial score (nSPS) is 11.2. The van der Waals surface area contributed by atoms with Gasteiger partial charge in [-0.3, -0.25) is 9.71 Å². The van der Waals surface area contributed by atoms with Crippen LogP contribution in [-0.4, -0.2) is 18.6 Å². The summed E-state index contributed by atoms with van der Waals surface area (Å²) in [4.78, 5) is 3.97. The van der Waals surface area contributed by atoms with Gasteiger partial charge in [-0.25, -0.2) is 8.42 Å². The number of benzene rings is 1. The maximum atomic E-state index is 12.4. The van der Waals surface area contributed by atoms with E-state index in [-0.39, 0.29) is 10.7 Å². The average molecular weight is 345 g/mol. The van der Waals surface area contributed by atoms with Crippen LogP contribution in [-0.2, 0) is 10.0 Å². The fourth-order valence-corrected chi connectivity index (χ4v) is 3.59. The van der Waals surface area contributed by atoms with Gasteiger partial charge in [-0.1, -0.05) is 5.16 Å². The van der Waals surface area contributed by atoms with Crippen LogP contribution in [0.15, 0.2) is 58.2 Å². The molecule has 7 nitrogen and oxygen atoms in total. The SMILES string of the molecule is Cc1noc(C)c1S(=O)(=O)Nc1ccc(Oc2ccncc2)cc1. The number of nitrogens with one attached hydrogen (secondary N) is 1. The number of pyridine rings is 1. The monoisotopic (exact) mass is 345 g/mol. The zero-order valence-electron chi connectivity index (χ0n) is 13.1. The minimum Gasteiger partial charge on any atom is -0.457 e. The quantitative estimate of drug-likeness (QED) is 0.762. The summed E-state index contributed by atoms with van der Waals surface area (Å²) >= 11 is 0. The van der Waals surface area contributed by atoms with Crippen LogP contribution in [0.5, 0.6) is 11.5 Å². The van der Waals surface area contributed by atoms with E-state index in [1.54, 1.807) is 62.6 Å². The van der Waals surface area contributed by atoms with Crippen molar-refractivity contribution in [2.24, 2.45) is 0 Å². The largest absolute Gasteiger partial charge is 0.457 e. The van der Waals surface area contributed by atoms with Crippen LogP contribution in [0.3, 0.4) is 0 Å². The molecule has 0 amide bonds. The molecule has 0 spiro atoms. The lowest BCUT2D eigenvalue weighted by atomic mass is 10.3. The predicted molar refractivity (Wildman–Crippen MR) is 87.5 cm³/mol. The molecule has 3 rings (SSSR count). The lowest BCUT2D eigenvalue weighted by Crippen LogP contribution is -2.14. The molecule has 1 aromatic carbocycles. The van der Waals surface area contributed by atoms with Crippen LogP contribution in [0.4, 0.5) is 5.69 Å². The first-order chi connectivity index (χ1) is 11.5. The van der Waals surface area contributed by atoms with Crippen molar-refractivity contribution in [1.29, 1.82) is 0 Å². The van der Waals surface area contributed by atoms with E-state index < -0.39 is 10.0 Å². The first-order valence-electron chi connectivity index (χ1n) is 7.09. The molecule has 124 valence electrons. The van der Waals surface area contributed by atoms with Crippen LogP contribution in [0, 0.1) is 13.8 Å². The molecule has 0 atom stereocenters. The molecule has 24 heavy (non-hydrogen) atoms. The summed E-state index contributed by atoms with van der Waals surface area (Å²) in [5.74, 6) is 1.48. The molecule has 0 aliphatic heterocycles. The second-order valence-electron chi connectivity index (χ2n) is 5.07. The highest BCUT2D eigenvalue weighted by atomic mass is 32.2. The average Bonchev–Trinajstić information content (AvgIpc) is 2.90.